The van der Waals surface area contributed by atoms with Gasteiger partial charge in [0.1, 0.15) is 6.10 Å². The average molecular weight is 404 g/mol. The van der Waals surface area contributed by atoms with Gasteiger partial charge in [-0.3, -0.25) is 4.79 Å². The lowest BCUT2D eigenvalue weighted by Gasteiger charge is -2.35. The molecule has 1 aliphatic carbocycles. The van der Waals surface area contributed by atoms with Crippen LogP contribution in [0.2, 0.25) is 0 Å². The Labute approximate surface area is 171 Å². The van der Waals surface area contributed by atoms with Crippen LogP contribution in [0.5, 0.6) is 0 Å². The summed E-state index contributed by atoms with van der Waals surface area (Å²) in [6.45, 7) is 2.94. The molecule has 2 aliphatic heterocycles. The molecule has 1 atom stereocenters. The van der Waals surface area contributed by atoms with Crippen LogP contribution in [-0.2, 0) is 9.53 Å². The van der Waals surface area contributed by atoms with Gasteiger partial charge < -0.3 is 19.9 Å². The molecule has 1 N–H and O–H groups in total. The van der Waals surface area contributed by atoms with Crippen molar-refractivity contribution in [1.29, 1.82) is 0 Å². The zero-order valence-electron chi connectivity index (χ0n) is 16.3. The topological polar surface area (TPSA) is 61.9 Å². The summed E-state index contributed by atoms with van der Waals surface area (Å²) in [6, 6.07) is 7.99. The van der Waals surface area contributed by atoms with Crippen molar-refractivity contribution in [3.05, 3.63) is 24.3 Å². The van der Waals surface area contributed by atoms with Crippen molar-refractivity contribution in [2.75, 3.05) is 38.1 Å². The predicted octanol–water partition coefficient (Wildman–Crippen LogP) is 3.58. The molecule has 2 heterocycles. The quantitative estimate of drug-likeness (QED) is 0.835. The number of para-hydroxylation sites is 1. The number of ether oxygens (including phenoxy) is 1. The highest BCUT2D eigenvalue weighted by molar-refractivity contribution is 8.00. The summed E-state index contributed by atoms with van der Waals surface area (Å²) in [4.78, 5) is 30.0. The molecule has 0 unspecified atom stereocenters. The van der Waals surface area contributed by atoms with Gasteiger partial charge in [0.05, 0.1) is 5.69 Å². The van der Waals surface area contributed by atoms with Crippen LogP contribution in [-0.4, -0.2) is 65.9 Å². The summed E-state index contributed by atoms with van der Waals surface area (Å²) in [7, 11) is 0. The maximum atomic E-state index is 12.8. The van der Waals surface area contributed by atoms with E-state index in [0.717, 1.165) is 23.4 Å². The van der Waals surface area contributed by atoms with Gasteiger partial charge in [0.2, 0.25) is 0 Å². The molecule has 28 heavy (non-hydrogen) atoms. The minimum Gasteiger partial charge on any atom is -0.368 e. The van der Waals surface area contributed by atoms with Gasteiger partial charge in [-0.25, -0.2) is 4.79 Å². The molecular weight excluding hydrogens is 374 g/mol. The molecule has 0 spiro atoms. The maximum Gasteiger partial charge on any atom is 0.321 e. The SMILES string of the molecule is O=C(Nc1ccccc1SC1CCCC1)N1CCN(C(=O)[C@@H]2CCCO2)CC1. The second kappa shape index (κ2) is 9.18. The Kier molecular flexibility index (Phi) is 6.42. The number of carbonyl (C=O) groups is 2. The molecule has 2 saturated heterocycles. The van der Waals surface area contributed by atoms with E-state index in [1.807, 2.05) is 34.9 Å². The first-order valence-corrected chi connectivity index (χ1v) is 11.3. The third kappa shape index (κ3) is 4.63. The largest absolute Gasteiger partial charge is 0.368 e. The molecule has 152 valence electrons. The van der Waals surface area contributed by atoms with Gasteiger partial charge in [0, 0.05) is 42.9 Å². The minimum absolute atomic E-state index is 0.0795. The third-order valence-electron chi connectivity index (χ3n) is 5.81. The number of hydrogen-bond acceptors (Lipinski definition) is 4. The highest BCUT2D eigenvalue weighted by Gasteiger charge is 2.31. The monoisotopic (exact) mass is 403 g/mol. The Balaban J connectivity index is 1.30. The lowest BCUT2D eigenvalue weighted by Crippen LogP contribution is -2.53. The van der Waals surface area contributed by atoms with Crippen molar-refractivity contribution in [3.63, 3.8) is 0 Å². The number of benzene rings is 1. The van der Waals surface area contributed by atoms with Crippen LogP contribution in [0.4, 0.5) is 10.5 Å². The number of carbonyl (C=O) groups excluding carboxylic acids is 2. The van der Waals surface area contributed by atoms with E-state index in [1.54, 1.807) is 4.90 Å². The fraction of sp³-hybridized carbons (Fsp3) is 0.619. The molecule has 3 aliphatic rings. The van der Waals surface area contributed by atoms with E-state index in [2.05, 4.69) is 11.4 Å². The van der Waals surface area contributed by atoms with Gasteiger partial charge in [0.15, 0.2) is 0 Å². The van der Waals surface area contributed by atoms with Crippen molar-refractivity contribution >= 4 is 29.4 Å². The van der Waals surface area contributed by atoms with Gasteiger partial charge >= 0.3 is 6.03 Å². The van der Waals surface area contributed by atoms with Crippen LogP contribution < -0.4 is 5.32 Å². The highest BCUT2D eigenvalue weighted by Crippen LogP contribution is 2.38. The molecule has 1 aromatic carbocycles. The van der Waals surface area contributed by atoms with Crippen LogP contribution in [0.3, 0.4) is 0 Å². The van der Waals surface area contributed by atoms with Gasteiger partial charge in [-0.05, 0) is 37.8 Å². The van der Waals surface area contributed by atoms with Crippen molar-refractivity contribution in [3.8, 4) is 0 Å². The lowest BCUT2D eigenvalue weighted by atomic mass is 10.2. The Morgan fingerprint density at radius 2 is 1.68 bits per heavy atom. The van der Waals surface area contributed by atoms with E-state index in [1.165, 1.54) is 25.7 Å². The lowest BCUT2D eigenvalue weighted by molar-refractivity contribution is -0.142. The van der Waals surface area contributed by atoms with E-state index in [0.29, 0.717) is 38.0 Å². The molecule has 6 nitrogen and oxygen atoms in total. The number of rotatable bonds is 4. The first kappa shape index (κ1) is 19.6. The number of piperazine rings is 1. The smallest absolute Gasteiger partial charge is 0.321 e. The molecule has 1 saturated carbocycles. The van der Waals surface area contributed by atoms with Crippen molar-refractivity contribution < 1.29 is 14.3 Å². The fourth-order valence-corrected chi connectivity index (χ4v) is 5.49. The normalized spacial score (nSPS) is 23.2. The van der Waals surface area contributed by atoms with E-state index in [-0.39, 0.29) is 18.0 Å². The number of hydrogen-bond donors (Lipinski definition) is 1. The second-order valence-corrected chi connectivity index (χ2v) is 9.11. The summed E-state index contributed by atoms with van der Waals surface area (Å²) < 4.78 is 5.50. The summed E-state index contributed by atoms with van der Waals surface area (Å²) in [6.07, 6.45) is 6.62. The molecule has 3 fully saturated rings. The van der Waals surface area contributed by atoms with E-state index in [9.17, 15) is 9.59 Å². The number of amides is 3. The first-order chi connectivity index (χ1) is 13.7. The van der Waals surface area contributed by atoms with Crippen LogP contribution >= 0.6 is 11.8 Å². The number of urea groups is 1. The van der Waals surface area contributed by atoms with Crippen molar-refractivity contribution in [2.45, 2.75) is 54.8 Å². The Bertz CT molecular complexity index is 694. The summed E-state index contributed by atoms with van der Waals surface area (Å²) >= 11 is 1.88. The van der Waals surface area contributed by atoms with Gasteiger partial charge in [-0.1, -0.05) is 25.0 Å². The molecule has 0 aromatic heterocycles. The molecule has 1 aromatic rings. The number of nitrogens with one attached hydrogen (secondary N) is 1. The Morgan fingerprint density at radius 1 is 0.964 bits per heavy atom. The summed E-state index contributed by atoms with van der Waals surface area (Å²) in [5, 5.41) is 3.75. The van der Waals surface area contributed by atoms with E-state index >= 15 is 0 Å². The number of thioether (sulfide) groups is 1. The van der Waals surface area contributed by atoms with Crippen LogP contribution in [0.15, 0.2) is 29.2 Å². The zero-order chi connectivity index (χ0) is 19.3. The summed E-state index contributed by atoms with van der Waals surface area (Å²) in [5.41, 5.74) is 0.891. The zero-order valence-corrected chi connectivity index (χ0v) is 17.1. The maximum absolute atomic E-state index is 12.8. The molecule has 7 heteroatoms. The Hall–Kier alpha value is -1.73. The standard InChI is InChI=1S/C21H29N3O3S/c25-20(18-9-5-15-27-18)23-11-13-24(14-12-23)21(26)22-17-8-3-4-10-19(17)28-16-6-1-2-7-16/h3-4,8,10,16,18H,1-2,5-7,9,11-15H2,(H,22,26)/t18-/m0/s1. The average Bonchev–Trinajstić information content (AvgIpc) is 3.43. The van der Waals surface area contributed by atoms with Gasteiger partial charge in [-0.15, -0.1) is 11.8 Å². The van der Waals surface area contributed by atoms with Crippen molar-refractivity contribution in [2.24, 2.45) is 0 Å². The van der Waals surface area contributed by atoms with Gasteiger partial charge in [0.25, 0.3) is 5.91 Å². The minimum atomic E-state index is -0.278. The third-order valence-corrected chi connectivity index (χ3v) is 7.22. The Morgan fingerprint density at radius 3 is 2.39 bits per heavy atom. The number of anilines is 1. The molecular formula is C21H29N3O3S. The van der Waals surface area contributed by atoms with Crippen LogP contribution in [0, 0.1) is 0 Å². The molecule has 0 radical (unpaired) electrons. The number of nitrogens with zero attached hydrogens (tertiary/aromatic N) is 2. The van der Waals surface area contributed by atoms with Gasteiger partial charge in [-0.2, -0.15) is 0 Å². The molecule has 3 amide bonds. The van der Waals surface area contributed by atoms with E-state index < -0.39 is 0 Å². The van der Waals surface area contributed by atoms with Crippen molar-refractivity contribution in [1.82, 2.24) is 9.80 Å². The first-order valence-electron chi connectivity index (χ1n) is 10.4. The van der Waals surface area contributed by atoms with Crippen LogP contribution in [0.25, 0.3) is 0 Å². The second-order valence-electron chi connectivity index (χ2n) is 7.76. The van der Waals surface area contributed by atoms with E-state index in [4.69, 9.17) is 4.74 Å². The fourth-order valence-electron chi connectivity index (χ4n) is 4.16. The molecule has 0 bridgehead atoms. The summed E-state index contributed by atoms with van der Waals surface area (Å²) in [5.74, 6) is 0.0795. The molecule has 4 rings (SSSR count). The predicted molar refractivity (Wildman–Crippen MR) is 111 cm³/mol. The van der Waals surface area contributed by atoms with Crippen LogP contribution in [0.1, 0.15) is 38.5 Å². The highest BCUT2D eigenvalue weighted by atomic mass is 32.2.